The van der Waals surface area contributed by atoms with Crippen molar-refractivity contribution in [2.24, 2.45) is 0 Å². The number of hydrogen-bond acceptors (Lipinski definition) is 4. The highest BCUT2D eigenvalue weighted by atomic mass is 19.1. The van der Waals surface area contributed by atoms with Crippen LogP contribution >= 0.6 is 0 Å². The first-order valence-corrected chi connectivity index (χ1v) is 8.30. The maximum atomic E-state index is 13.2. The first-order chi connectivity index (χ1) is 12.4. The van der Waals surface area contributed by atoms with Gasteiger partial charge in [-0.25, -0.2) is 9.07 Å². The highest BCUT2D eigenvalue weighted by Crippen LogP contribution is 2.24. The van der Waals surface area contributed by atoms with Crippen LogP contribution in [0.3, 0.4) is 0 Å². The molecule has 0 aliphatic rings. The Labute approximate surface area is 151 Å². The summed E-state index contributed by atoms with van der Waals surface area (Å²) in [5.74, 6) is 0.733. The molecule has 1 amide bonds. The number of amides is 1. The number of hydrogen-bond donors (Lipinski definition) is 1. The van der Waals surface area contributed by atoms with E-state index in [1.54, 1.807) is 24.3 Å². The Morgan fingerprint density at radius 2 is 1.96 bits per heavy atom. The number of carbonyl (C=O) groups is 1. The molecular formula is C19H21FN4O2. The minimum Gasteiger partial charge on any atom is -0.460 e. The van der Waals surface area contributed by atoms with Gasteiger partial charge >= 0.3 is 0 Å². The molecule has 3 aromatic rings. The molecule has 0 aliphatic heterocycles. The lowest BCUT2D eigenvalue weighted by Gasteiger charge is -2.11. The first-order valence-electron chi connectivity index (χ1n) is 8.30. The quantitative estimate of drug-likeness (QED) is 0.738. The summed E-state index contributed by atoms with van der Waals surface area (Å²) in [5.41, 5.74) is 1.50. The van der Waals surface area contributed by atoms with Crippen LogP contribution in [0.25, 0.3) is 17.1 Å². The summed E-state index contributed by atoms with van der Waals surface area (Å²) in [7, 11) is 3.87. The van der Waals surface area contributed by atoms with Gasteiger partial charge in [-0.1, -0.05) is 0 Å². The molecule has 0 saturated heterocycles. The fourth-order valence-corrected chi connectivity index (χ4v) is 2.50. The smallest absolute Gasteiger partial charge is 0.270 e. The summed E-state index contributed by atoms with van der Waals surface area (Å²) in [5, 5.41) is 7.36. The second kappa shape index (κ2) is 7.53. The van der Waals surface area contributed by atoms with Crippen LogP contribution in [-0.2, 0) is 0 Å². The lowest BCUT2D eigenvalue weighted by molar-refractivity contribution is 0.0943. The van der Waals surface area contributed by atoms with Gasteiger partial charge in [-0.3, -0.25) is 4.79 Å². The molecular weight excluding hydrogens is 335 g/mol. The van der Waals surface area contributed by atoms with Crippen LogP contribution in [0.1, 0.15) is 16.2 Å². The molecule has 0 atom stereocenters. The number of likely N-dealkylation sites (N-methyl/N-ethyl adjacent to an activating group) is 1. The van der Waals surface area contributed by atoms with Crippen LogP contribution in [0, 0.1) is 12.7 Å². The molecule has 0 fully saturated rings. The zero-order valence-electron chi connectivity index (χ0n) is 15.0. The van der Waals surface area contributed by atoms with E-state index >= 15 is 0 Å². The molecule has 136 valence electrons. The maximum Gasteiger partial charge on any atom is 0.270 e. The van der Waals surface area contributed by atoms with Crippen molar-refractivity contribution in [3.05, 3.63) is 59.7 Å². The van der Waals surface area contributed by atoms with E-state index < -0.39 is 0 Å². The lowest BCUT2D eigenvalue weighted by atomic mass is 10.2. The van der Waals surface area contributed by atoms with E-state index in [1.807, 2.05) is 32.0 Å². The van der Waals surface area contributed by atoms with Crippen LogP contribution in [0.2, 0.25) is 0 Å². The van der Waals surface area contributed by atoms with Gasteiger partial charge in [0.2, 0.25) is 0 Å². The number of rotatable bonds is 6. The average Bonchev–Trinajstić information content (AvgIpc) is 3.21. The van der Waals surface area contributed by atoms with Crippen molar-refractivity contribution in [3.8, 4) is 17.1 Å². The van der Waals surface area contributed by atoms with Crippen molar-refractivity contribution in [1.82, 2.24) is 20.0 Å². The van der Waals surface area contributed by atoms with E-state index in [0.717, 1.165) is 12.3 Å². The summed E-state index contributed by atoms with van der Waals surface area (Å²) in [6.07, 6.45) is 0. The van der Waals surface area contributed by atoms with Crippen molar-refractivity contribution in [2.45, 2.75) is 6.92 Å². The van der Waals surface area contributed by atoms with E-state index in [-0.39, 0.29) is 11.7 Å². The molecule has 1 aromatic carbocycles. The predicted molar refractivity (Wildman–Crippen MR) is 96.8 cm³/mol. The third-order valence-corrected chi connectivity index (χ3v) is 3.85. The number of halogens is 1. The Morgan fingerprint density at radius 1 is 1.23 bits per heavy atom. The van der Waals surface area contributed by atoms with Crippen LogP contribution in [0.4, 0.5) is 4.39 Å². The van der Waals surface area contributed by atoms with Crippen molar-refractivity contribution >= 4 is 5.91 Å². The topological polar surface area (TPSA) is 63.3 Å². The Kier molecular flexibility index (Phi) is 5.18. The van der Waals surface area contributed by atoms with Gasteiger partial charge in [-0.15, -0.1) is 0 Å². The lowest BCUT2D eigenvalue weighted by Crippen LogP contribution is -2.32. The first kappa shape index (κ1) is 17.9. The fraction of sp³-hybridized carbons (Fsp3) is 0.263. The molecule has 1 N–H and O–H groups in total. The third-order valence-electron chi connectivity index (χ3n) is 3.85. The Hall–Kier alpha value is -2.93. The van der Waals surface area contributed by atoms with E-state index in [1.165, 1.54) is 16.8 Å². The van der Waals surface area contributed by atoms with Gasteiger partial charge in [-0.2, -0.15) is 5.10 Å². The summed E-state index contributed by atoms with van der Waals surface area (Å²) >= 11 is 0. The third kappa shape index (κ3) is 4.00. The minimum atomic E-state index is -0.347. The molecule has 0 aliphatic carbocycles. The van der Waals surface area contributed by atoms with Crippen LogP contribution < -0.4 is 5.32 Å². The molecule has 2 heterocycles. The van der Waals surface area contributed by atoms with E-state index in [0.29, 0.717) is 29.4 Å². The molecule has 0 unspecified atom stereocenters. The van der Waals surface area contributed by atoms with Gasteiger partial charge in [0.05, 0.1) is 5.69 Å². The standard InChI is InChI=1S/C19H21FN4O2/c1-13-4-9-18(26-13)16-12-17(19(25)21-10-11-23(2)3)24(22-16)15-7-5-14(20)6-8-15/h4-9,12H,10-11H2,1-3H3,(H,21,25). The number of carbonyl (C=O) groups excluding carboxylic acids is 1. The number of nitrogens with one attached hydrogen (secondary N) is 1. The number of aryl methyl sites for hydroxylation is 1. The van der Waals surface area contributed by atoms with E-state index in [2.05, 4.69) is 10.4 Å². The van der Waals surface area contributed by atoms with Gasteiger partial charge in [0.25, 0.3) is 5.91 Å². The van der Waals surface area contributed by atoms with Gasteiger partial charge < -0.3 is 14.6 Å². The van der Waals surface area contributed by atoms with Crippen LogP contribution in [0.5, 0.6) is 0 Å². The van der Waals surface area contributed by atoms with E-state index in [4.69, 9.17) is 4.42 Å². The molecule has 0 spiro atoms. The molecule has 0 radical (unpaired) electrons. The summed E-state index contributed by atoms with van der Waals surface area (Å²) in [6.45, 7) is 3.08. The number of benzene rings is 1. The monoisotopic (exact) mass is 356 g/mol. The Bertz CT molecular complexity index is 897. The molecule has 0 bridgehead atoms. The van der Waals surface area contributed by atoms with Gasteiger partial charge in [0.15, 0.2) is 5.76 Å². The SMILES string of the molecule is Cc1ccc(-c2cc(C(=O)NCCN(C)C)n(-c3ccc(F)cc3)n2)o1. The van der Waals surface area contributed by atoms with Crippen LogP contribution in [0.15, 0.2) is 46.9 Å². The number of aromatic nitrogens is 2. The second-order valence-electron chi connectivity index (χ2n) is 6.27. The second-order valence-corrected chi connectivity index (χ2v) is 6.27. The average molecular weight is 356 g/mol. The molecule has 6 nitrogen and oxygen atoms in total. The van der Waals surface area contributed by atoms with Gasteiger partial charge in [0.1, 0.15) is 23.0 Å². The fourth-order valence-electron chi connectivity index (χ4n) is 2.50. The largest absolute Gasteiger partial charge is 0.460 e. The molecule has 26 heavy (non-hydrogen) atoms. The van der Waals surface area contributed by atoms with Crippen molar-refractivity contribution < 1.29 is 13.6 Å². The van der Waals surface area contributed by atoms with Crippen molar-refractivity contribution in [3.63, 3.8) is 0 Å². The van der Waals surface area contributed by atoms with Crippen molar-refractivity contribution in [2.75, 3.05) is 27.2 Å². The highest BCUT2D eigenvalue weighted by Gasteiger charge is 2.19. The Balaban J connectivity index is 1.96. The maximum absolute atomic E-state index is 13.2. The number of furan rings is 1. The minimum absolute atomic E-state index is 0.252. The summed E-state index contributed by atoms with van der Waals surface area (Å²) in [4.78, 5) is 14.6. The van der Waals surface area contributed by atoms with Crippen molar-refractivity contribution in [1.29, 1.82) is 0 Å². The molecule has 2 aromatic heterocycles. The zero-order chi connectivity index (χ0) is 18.7. The van der Waals surface area contributed by atoms with E-state index in [9.17, 15) is 9.18 Å². The molecule has 3 rings (SSSR count). The predicted octanol–water partition coefficient (Wildman–Crippen LogP) is 2.87. The normalized spacial score (nSPS) is 11.1. The summed E-state index contributed by atoms with van der Waals surface area (Å²) < 4.78 is 20.4. The summed E-state index contributed by atoms with van der Waals surface area (Å²) in [6, 6.07) is 11.1. The Morgan fingerprint density at radius 3 is 2.58 bits per heavy atom. The molecule has 7 heteroatoms. The zero-order valence-corrected chi connectivity index (χ0v) is 15.0. The van der Waals surface area contributed by atoms with Gasteiger partial charge in [0, 0.05) is 19.2 Å². The number of nitrogens with zero attached hydrogens (tertiary/aromatic N) is 3. The highest BCUT2D eigenvalue weighted by molar-refractivity contribution is 5.94. The van der Waals surface area contributed by atoms with Gasteiger partial charge in [-0.05, 0) is 57.4 Å². The molecule has 0 saturated carbocycles. The van der Waals surface area contributed by atoms with Crippen LogP contribution in [-0.4, -0.2) is 47.8 Å².